The van der Waals surface area contributed by atoms with Crippen molar-refractivity contribution in [3.05, 3.63) is 0 Å². The Bertz CT molecular complexity index is 186. The zero-order chi connectivity index (χ0) is 12.9. The van der Waals surface area contributed by atoms with Crippen LogP contribution in [0, 0.1) is 0 Å². The van der Waals surface area contributed by atoms with Crippen LogP contribution in [0.15, 0.2) is 0 Å². The van der Waals surface area contributed by atoms with Crippen LogP contribution in [0.2, 0.25) is 0 Å². The van der Waals surface area contributed by atoms with Crippen LogP contribution in [0.3, 0.4) is 0 Å². The molecule has 3 nitrogen and oxygen atoms in total. The first kappa shape index (κ1) is 20.7. The van der Waals surface area contributed by atoms with E-state index in [1.54, 1.807) is 0 Å². The predicted octanol–water partition coefficient (Wildman–Crippen LogP) is 2.79. The minimum atomic E-state index is -0.487. The van der Waals surface area contributed by atoms with Crippen molar-refractivity contribution in [2.75, 3.05) is 6.61 Å². The number of hydrogen-bond donors (Lipinski definition) is 1. The Morgan fingerprint density at radius 2 is 1.56 bits per heavy atom. The molecule has 0 aromatic carbocycles. The second kappa shape index (κ2) is 15.5. The summed E-state index contributed by atoms with van der Waals surface area (Å²) in [5.74, 6) is -0.319. The SMILES string of the molecule is CCCCCCCCCCC(O)COC(C)=O.[NaH]. The fourth-order valence-electron chi connectivity index (χ4n) is 1.81. The van der Waals surface area contributed by atoms with Crippen molar-refractivity contribution in [3.8, 4) is 0 Å². The molecule has 0 heterocycles. The molecule has 0 rings (SSSR count). The Morgan fingerprint density at radius 1 is 1.06 bits per heavy atom. The second-order valence-corrected chi connectivity index (χ2v) is 4.72. The van der Waals surface area contributed by atoms with Gasteiger partial charge in [-0.1, -0.05) is 58.3 Å². The summed E-state index contributed by atoms with van der Waals surface area (Å²) in [5, 5.41) is 9.49. The molecule has 0 amide bonds. The zero-order valence-electron chi connectivity index (χ0n) is 11.4. The van der Waals surface area contributed by atoms with Crippen molar-refractivity contribution >= 4 is 35.5 Å². The Kier molecular flexibility index (Phi) is 17.8. The van der Waals surface area contributed by atoms with Crippen molar-refractivity contribution in [1.82, 2.24) is 0 Å². The second-order valence-electron chi connectivity index (χ2n) is 4.72. The molecule has 0 saturated heterocycles. The van der Waals surface area contributed by atoms with Gasteiger partial charge in [-0.2, -0.15) is 0 Å². The summed E-state index contributed by atoms with van der Waals surface area (Å²) in [7, 11) is 0. The van der Waals surface area contributed by atoms with Crippen LogP contribution in [-0.2, 0) is 9.53 Å². The molecule has 0 aliphatic heterocycles. The molecule has 104 valence electrons. The molecule has 18 heavy (non-hydrogen) atoms. The number of aliphatic hydroxyl groups is 1. The Hall–Kier alpha value is 0.430. The van der Waals surface area contributed by atoms with E-state index >= 15 is 0 Å². The molecule has 0 radical (unpaired) electrons. The van der Waals surface area contributed by atoms with Gasteiger partial charge in [-0.15, -0.1) is 0 Å². The van der Waals surface area contributed by atoms with Gasteiger partial charge < -0.3 is 9.84 Å². The number of hydrogen-bond acceptors (Lipinski definition) is 3. The van der Waals surface area contributed by atoms with Gasteiger partial charge in [-0.25, -0.2) is 0 Å². The summed E-state index contributed by atoms with van der Waals surface area (Å²) in [6, 6.07) is 0. The van der Waals surface area contributed by atoms with Crippen LogP contribution >= 0.6 is 0 Å². The van der Waals surface area contributed by atoms with Crippen molar-refractivity contribution in [1.29, 1.82) is 0 Å². The number of unbranched alkanes of at least 4 members (excludes halogenated alkanes) is 7. The van der Waals surface area contributed by atoms with E-state index in [4.69, 9.17) is 4.74 Å². The standard InChI is InChI=1S/C14H28O3.Na.H/c1-3-4-5-6-7-8-9-10-11-14(16)12-17-13(2)15;;/h14,16H,3-12H2,1-2H3;;. The molecule has 1 N–H and O–H groups in total. The van der Waals surface area contributed by atoms with Gasteiger partial charge in [0, 0.05) is 6.92 Å². The third-order valence-electron chi connectivity index (χ3n) is 2.87. The molecule has 0 fully saturated rings. The average Bonchev–Trinajstić information content (AvgIpc) is 2.30. The van der Waals surface area contributed by atoms with Gasteiger partial charge in [0.15, 0.2) is 0 Å². The fraction of sp³-hybridized carbons (Fsp3) is 0.929. The number of carbonyl (C=O) groups excluding carboxylic acids is 1. The molecule has 0 aromatic heterocycles. The Morgan fingerprint density at radius 3 is 2.06 bits per heavy atom. The predicted molar refractivity (Wildman–Crippen MR) is 77.0 cm³/mol. The van der Waals surface area contributed by atoms with Crippen molar-refractivity contribution in [3.63, 3.8) is 0 Å². The number of esters is 1. The van der Waals surface area contributed by atoms with E-state index in [1.165, 1.54) is 51.9 Å². The van der Waals surface area contributed by atoms with Crippen LogP contribution in [0.4, 0.5) is 0 Å². The van der Waals surface area contributed by atoms with E-state index in [2.05, 4.69) is 6.92 Å². The topological polar surface area (TPSA) is 46.5 Å². The van der Waals surface area contributed by atoms with Crippen LogP contribution in [0.25, 0.3) is 0 Å². The van der Waals surface area contributed by atoms with Crippen molar-refractivity contribution in [2.24, 2.45) is 0 Å². The first-order chi connectivity index (χ1) is 8.16. The minimum absolute atomic E-state index is 0. The maximum absolute atomic E-state index is 10.5. The van der Waals surface area contributed by atoms with Gasteiger partial charge in [-0.3, -0.25) is 4.79 Å². The molecule has 0 spiro atoms. The van der Waals surface area contributed by atoms with Crippen molar-refractivity contribution < 1.29 is 14.6 Å². The molecule has 4 heteroatoms. The molecule has 0 aromatic rings. The van der Waals surface area contributed by atoms with Crippen LogP contribution in [0.5, 0.6) is 0 Å². The summed E-state index contributed by atoms with van der Waals surface area (Å²) in [6.07, 6.45) is 10.3. The molecular weight excluding hydrogens is 239 g/mol. The molecule has 0 bridgehead atoms. The van der Waals surface area contributed by atoms with E-state index in [-0.39, 0.29) is 42.1 Å². The van der Waals surface area contributed by atoms with Gasteiger partial charge in [0.1, 0.15) is 6.61 Å². The quantitative estimate of drug-likeness (QED) is 0.356. The van der Waals surface area contributed by atoms with Gasteiger partial charge in [0.05, 0.1) is 6.10 Å². The van der Waals surface area contributed by atoms with Crippen LogP contribution < -0.4 is 0 Å². The average molecular weight is 268 g/mol. The van der Waals surface area contributed by atoms with Crippen molar-refractivity contribution in [2.45, 2.75) is 77.7 Å². The van der Waals surface area contributed by atoms with E-state index < -0.39 is 6.10 Å². The summed E-state index contributed by atoms with van der Waals surface area (Å²) in [6.45, 7) is 3.74. The van der Waals surface area contributed by atoms with Gasteiger partial charge in [0.25, 0.3) is 0 Å². The monoisotopic (exact) mass is 268 g/mol. The first-order valence-corrected chi connectivity index (χ1v) is 6.98. The number of rotatable bonds is 11. The van der Waals surface area contributed by atoms with E-state index in [0.29, 0.717) is 0 Å². The number of carbonyl (C=O) groups is 1. The van der Waals surface area contributed by atoms with Gasteiger partial charge in [-0.05, 0) is 6.42 Å². The zero-order valence-corrected chi connectivity index (χ0v) is 11.4. The first-order valence-electron chi connectivity index (χ1n) is 6.98. The molecular formula is C14H29NaO3. The summed E-state index contributed by atoms with van der Waals surface area (Å²) < 4.78 is 4.74. The number of aliphatic hydroxyl groups excluding tert-OH is 1. The molecule has 1 unspecified atom stereocenters. The van der Waals surface area contributed by atoms with E-state index in [9.17, 15) is 9.90 Å². The molecule has 0 aliphatic rings. The fourth-order valence-corrected chi connectivity index (χ4v) is 1.81. The van der Waals surface area contributed by atoms with Gasteiger partial charge in [0.2, 0.25) is 0 Å². The number of ether oxygens (including phenoxy) is 1. The summed E-state index contributed by atoms with van der Waals surface area (Å²) in [5.41, 5.74) is 0. The van der Waals surface area contributed by atoms with Crippen LogP contribution in [-0.4, -0.2) is 53.3 Å². The molecule has 1 atom stereocenters. The normalized spacial score (nSPS) is 11.7. The third-order valence-corrected chi connectivity index (χ3v) is 2.87. The third kappa shape index (κ3) is 16.4. The van der Waals surface area contributed by atoms with Gasteiger partial charge >= 0.3 is 35.5 Å². The maximum atomic E-state index is 10.5. The van der Waals surface area contributed by atoms with Crippen LogP contribution in [0.1, 0.15) is 71.6 Å². The Balaban J connectivity index is 0. The summed E-state index contributed by atoms with van der Waals surface area (Å²) >= 11 is 0. The summed E-state index contributed by atoms with van der Waals surface area (Å²) in [4.78, 5) is 10.5. The molecule has 0 saturated carbocycles. The Labute approximate surface area is 134 Å². The van der Waals surface area contributed by atoms with E-state index in [1.807, 2.05) is 0 Å². The van der Waals surface area contributed by atoms with E-state index in [0.717, 1.165) is 12.8 Å². The molecule has 0 aliphatic carbocycles.